The van der Waals surface area contributed by atoms with E-state index in [2.05, 4.69) is 15.5 Å². The zero-order valence-corrected chi connectivity index (χ0v) is 14.5. The normalized spacial score (nSPS) is 10.6. The Kier molecular flexibility index (Phi) is 5.17. The molecule has 24 heavy (non-hydrogen) atoms. The minimum absolute atomic E-state index is 0.109. The van der Waals surface area contributed by atoms with Crippen LogP contribution in [-0.4, -0.2) is 26.4 Å². The van der Waals surface area contributed by atoms with E-state index < -0.39 is 0 Å². The van der Waals surface area contributed by atoms with Crippen molar-refractivity contribution in [2.24, 2.45) is 0 Å². The third-order valence-corrected chi connectivity index (χ3v) is 4.45. The average molecular weight is 359 g/mol. The number of carbonyl (C=O) groups excluding carboxylic acids is 1. The van der Waals surface area contributed by atoms with E-state index in [0.29, 0.717) is 15.9 Å². The molecule has 0 aliphatic carbocycles. The third-order valence-electron chi connectivity index (χ3n) is 3.27. The lowest BCUT2D eigenvalue weighted by Crippen LogP contribution is -2.14. The van der Waals surface area contributed by atoms with Crippen LogP contribution in [0.15, 0.2) is 59.8 Å². The van der Waals surface area contributed by atoms with Crippen LogP contribution >= 0.6 is 23.4 Å². The highest BCUT2D eigenvalue weighted by molar-refractivity contribution is 7.99. The van der Waals surface area contributed by atoms with Crippen LogP contribution < -0.4 is 5.32 Å². The number of aromatic nitrogens is 3. The first kappa shape index (κ1) is 16.5. The number of carbonyl (C=O) groups is 1. The van der Waals surface area contributed by atoms with Gasteiger partial charge in [0.05, 0.1) is 5.75 Å². The fourth-order valence-corrected chi connectivity index (χ4v) is 3.09. The van der Waals surface area contributed by atoms with Gasteiger partial charge in [0.25, 0.3) is 0 Å². The third kappa shape index (κ3) is 3.96. The van der Waals surface area contributed by atoms with Gasteiger partial charge in [-0.25, -0.2) is 0 Å². The quantitative estimate of drug-likeness (QED) is 0.701. The summed E-state index contributed by atoms with van der Waals surface area (Å²) >= 11 is 7.18. The molecule has 2 aromatic carbocycles. The number of thioether (sulfide) groups is 1. The van der Waals surface area contributed by atoms with Gasteiger partial charge in [-0.2, -0.15) is 0 Å². The standard InChI is InChI=1S/C17H15ClN4OS/c1-12-20-21-17(22(12)15-5-3-2-4-6-15)24-11-16(23)19-14-9-7-13(18)8-10-14/h2-10H,11H2,1H3,(H,19,23). The molecule has 1 amide bonds. The Morgan fingerprint density at radius 3 is 2.54 bits per heavy atom. The number of halogens is 1. The van der Waals surface area contributed by atoms with Gasteiger partial charge in [-0.1, -0.05) is 41.6 Å². The monoisotopic (exact) mass is 358 g/mol. The summed E-state index contributed by atoms with van der Waals surface area (Å²) in [5, 5.41) is 12.4. The molecule has 5 nitrogen and oxygen atoms in total. The summed E-state index contributed by atoms with van der Waals surface area (Å²) in [7, 11) is 0. The van der Waals surface area contributed by atoms with E-state index in [1.165, 1.54) is 11.8 Å². The van der Waals surface area contributed by atoms with Crippen molar-refractivity contribution in [1.29, 1.82) is 0 Å². The highest BCUT2D eigenvalue weighted by atomic mass is 35.5. The molecule has 1 heterocycles. The number of anilines is 1. The number of amides is 1. The molecule has 3 rings (SSSR count). The van der Waals surface area contributed by atoms with E-state index in [1.807, 2.05) is 41.8 Å². The number of para-hydroxylation sites is 1. The van der Waals surface area contributed by atoms with E-state index in [1.54, 1.807) is 24.3 Å². The molecule has 0 saturated carbocycles. The summed E-state index contributed by atoms with van der Waals surface area (Å²) in [4.78, 5) is 12.1. The Labute approximate surface area is 149 Å². The van der Waals surface area contributed by atoms with E-state index >= 15 is 0 Å². The molecule has 3 aromatic rings. The van der Waals surface area contributed by atoms with E-state index in [9.17, 15) is 4.79 Å². The molecule has 7 heteroatoms. The topological polar surface area (TPSA) is 59.8 Å². The lowest BCUT2D eigenvalue weighted by molar-refractivity contribution is -0.113. The fourth-order valence-electron chi connectivity index (χ4n) is 2.17. The van der Waals surface area contributed by atoms with Crippen LogP contribution in [0.3, 0.4) is 0 Å². The van der Waals surface area contributed by atoms with Gasteiger partial charge in [0.15, 0.2) is 5.16 Å². The summed E-state index contributed by atoms with van der Waals surface area (Å²) < 4.78 is 1.93. The average Bonchev–Trinajstić information content (AvgIpc) is 2.96. The summed E-state index contributed by atoms with van der Waals surface area (Å²) in [6.07, 6.45) is 0. The van der Waals surface area contributed by atoms with Gasteiger partial charge in [-0.3, -0.25) is 9.36 Å². The van der Waals surface area contributed by atoms with Crippen molar-refractivity contribution in [3.8, 4) is 5.69 Å². The van der Waals surface area contributed by atoms with E-state index in [4.69, 9.17) is 11.6 Å². The minimum atomic E-state index is -0.109. The van der Waals surface area contributed by atoms with Crippen LogP contribution in [0.1, 0.15) is 5.82 Å². The molecule has 0 saturated heterocycles. The molecule has 0 fully saturated rings. The minimum Gasteiger partial charge on any atom is -0.325 e. The molecule has 0 radical (unpaired) electrons. The van der Waals surface area contributed by atoms with Gasteiger partial charge in [0, 0.05) is 16.4 Å². The Hall–Kier alpha value is -2.31. The largest absolute Gasteiger partial charge is 0.325 e. The second kappa shape index (κ2) is 7.51. The van der Waals surface area contributed by atoms with Gasteiger partial charge in [0.2, 0.25) is 5.91 Å². The molecule has 1 aromatic heterocycles. The molecule has 122 valence electrons. The van der Waals surface area contributed by atoms with Crippen LogP contribution in [0.5, 0.6) is 0 Å². The lowest BCUT2D eigenvalue weighted by Gasteiger charge is -2.08. The van der Waals surface area contributed by atoms with E-state index in [0.717, 1.165) is 11.5 Å². The highest BCUT2D eigenvalue weighted by Gasteiger charge is 2.13. The maximum atomic E-state index is 12.1. The second-order valence-corrected chi connectivity index (χ2v) is 6.42. The van der Waals surface area contributed by atoms with Crippen molar-refractivity contribution in [2.45, 2.75) is 12.1 Å². The molecular weight excluding hydrogens is 344 g/mol. The maximum Gasteiger partial charge on any atom is 0.234 e. The molecule has 1 N–H and O–H groups in total. The van der Waals surface area contributed by atoms with Crippen LogP contribution in [0.2, 0.25) is 5.02 Å². The fraction of sp³-hybridized carbons (Fsp3) is 0.118. The van der Waals surface area contributed by atoms with Crippen LogP contribution in [0, 0.1) is 6.92 Å². The van der Waals surface area contributed by atoms with Crippen molar-refractivity contribution in [1.82, 2.24) is 14.8 Å². The number of nitrogens with zero attached hydrogens (tertiary/aromatic N) is 3. The molecule has 0 bridgehead atoms. The number of aryl methyl sites for hydroxylation is 1. The van der Waals surface area contributed by atoms with Crippen LogP contribution in [0.4, 0.5) is 5.69 Å². The summed E-state index contributed by atoms with van der Waals surface area (Å²) in [5.41, 5.74) is 1.69. The van der Waals surface area contributed by atoms with Crippen molar-refractivity contribution in [3.63, 3.8) is 0 Å². The first-order valence-electron chi connectivity index (χ1n) is 7.29. The number of nitrogens with one attached hydrogen (secondary N) is 1. The predicted octanol–water partition coefficient (Wildman–Crippen LogP) is 3.96. The predicted molar refractivity (Wildman–Crippen MR) is 96.9 cm³/mol. The lowest BCUT2D eigenvalue weighted by atomic mass is 10.3. The number of rotatable bonds is 5. The number of hydrogen-bond acceptors (Lipinski definition) is 4. The number of benzene rings is 2. The van der Waals surface area contributed by atoms with Crippen LogP contribution in [-0.2, 0) is 4.79 Å². The molecule has 0 aliphatic heterocycles. The summed E-state index contributed by atoms with van der Waals surface area (Å²) in [6.45, 7) is 1.89. The molecule has 0 unspecified atom stereocenters. The van der Waals surface area contributed by atoms with Crippen molar-refractivity contribution < 1.29 is 4.79 Å². The molecule has 0 aliphatic rings. The smallest absolute Gasteiger partial charge is 0.234 e. The Morgan fingerprint density at radius 1 is 1.12 bits per heavy atom. The van der Waals surface area contributed by atoms with Crippen molar-refractivity contribution in [2.75, 3.05) is 11.1 Å². The molecule has 0 spiro atoms. The van der Waals surface area contributed by atoms with Gasteiger partial charge in [-0.15, -0.1) is 10.2 Å². The second-order valence-electron chi connectivity index (χ2n) is 5.04. The van der Waals surface area contributed by atoms with Crippen LogP contribution in [0.25, 0.3) is 5.69 Å². The first-order chi connectivity index (χ1) is 11.6. The van der Waals surface area contributed by atoms with Gasteiger partial charge >= 0.3 is 0 Å². The Morgan fingerprint density at radius 2 is 1.83 bits per heavy atom. The Bertz CT molecular complexity index is 834. The van der Waals surface area contributed by atoms with Crippen molar-refractivity contribution in [3.05, 3.63) is 65.4 Å². The highest BCUT2D eigenvalue weighted by Crippen LogP contribution is 2.22. The molecular formula is C17H15ClN4OS. The summed E-state index contributed by atoms with van der Waals surface area (Å²) in [6, 6.07) is 16.8. The maximum absolute atomic E-state index is 12.1. The van der Waals surface area contributed by atoms with Gasteiger partial charge in [-0.05, 0) is 43.3 Å². The van der Waals surface area contributed by atoms with E-state index in [-0.39, 0.29) is 11.7 Å². The zero-order valence-electron chi connectivity index (χ0n) is 12.9. The van der Waals surface area contributed by atoms with Gasteiger partial charge in [0.1, 0.15) is 5.82 Å². The zero-order chi connectivity index (χ0) is 16.9. The number of hydrogen-bond donors (Lipinski definition) is 1. The summed E-state index contributed by atoms with van der Waals surface area (Å²) in [5.74, 6) is 0.914. The SMILES string of the molecule is Cc1nnc(SCC(=O)Nc2ccc(Cl)cc2)n1-c1ccccc1. The first-order valence-corrected chi connectivity index (χ1v) is 8.65. The van der Waals surface area contributed by atoms with Crippen molar-refractivity contribution >= 4 is 35.0 Å². The Balaban J connectivity index is 1.67. The van der Waals surface area contributed by atoms with Gasteiger partial charge < -0.3 is 5.32 Å². The molecule has 0 atom stereocenters.